The predicted octanol–water partition coefficient (Wildman–Crippen LogP) is -0.248. The van der Waals surface area contributed by atoms with Crippen molar-refractivity contribution in [2.45, 2.75) is 50.8 Å². The van der Waals surface area contributed by atoms with Crippen LogP contribution in [-0.4, -0.2) is 106 Å². The van der Waals surface area contributed by atoms with Gasteiger partial charge in [-0.3, -0.25) is 24.1 Å². The van der Waals surface area contributed by atoms with Gasteiger partial charge in [0.15, 0.2) is 23.0 Å². The van der Waals surface area contributed by atoms with Crippen LogP contribution in [0.2, 0.25) is 0 Å². The second-order valence-corrected chi connectivity index (χ2v) is 12.5. The van der Waals surface area contributed by atoms with Crippen molar-refractivity contribution in [2.75, 3.05) is 45.0 Å². The van der Waals surface area contributed by atoms with Gasteiger partial charge in [-0.1, -0.05) is 0 Å². The molecule has 0 unspecified atom stereocenters. The Labute approximate surface area is 242 Å². The lowest BCUT2D eigenvalue weighted by molar-refractivity contribution is -0.153. The first-order chi connectivity index (χ1) is 19.3. The molecule has 4 rings (SSSR count). The number of nitrogens with two attached hydrogens (primary N) is 1. The summed E-state index contributed by atoms with van der Waals surface area (Å²) in [6.07, 6.45) is 0.0266. The Kier molecular flexibility index (Phi) is 7.63. The SMILES string of the molecule is CN(C)c1nc(NC(=O)CNC(C)(C)C)c(O)c2c1C[C@H]1C[C@H]3[C@H](N(C)C)C(=O)C(C(N)=O)=C(O)[C@@]3(O)C(=O)C1=C2O. The van der Waals surface area contributed by atoms with Crippen molar-refractivity contribution < 1.29 is 39.6 Å². The average molecular weight is 587 g/mol. The standard InChI is InChI=1S/C28H38N6O8/c1-27(2,3)30-10-14(35)31-25-21(38)16-12(26(32-25)34(6)7)8-11-9-13-18(33(4)5)20(37)17(24(29)41)23(40)28(13,42)22(39)15(11)19(16)36/h11,13,18,30,36,38,40,42H,8-10H2,1-7H3,(H2,29,41)(H,31,32,35)/t11-,13-,18-,28-/m0/s1. The number of carbonyl (C=O) groups is 4. The number of aromatic hydroxyl groups is 1. The molecule has 2 amide bonds. The third-order valence-electron chi connectivity index (χ3n) is 8.02. The molecule has 228 valence electrons. The number of aliphatic hydroxyl groups excluding tert-OH is 2. The van der Waals surface area contributed by atoms with E-state index in [9.17, 15) is 39.6 Å². The van der Waals surface area contributed by atoms with E-state index < -0.39 is 69.7 Å². The Morgan fingerprint density at radius 3 is 2.26 bits per heavy atom. The highest BCUT2D eigenvalue weighted by molar-refractivity contribution is 6.24. The molecule has 0 spiro atoms. The van der Waals surface area contributed by atoms with Crippen LogP contribution in [0.4, 0.5) is 11.6 Å². The molecule has 1 aromatic rings. The molecule has 3 aliphatic carbocycles. The maximum atomic E-state index is 14.0. The molecule has 14 nitrogen and oxygen atoms in total. The summed E-state index contributed by atoms with van der Waals surface area (Å²) >= 11 is 0. The van der Waals surface area contributed by atoms with Gasteiger partial charge in [-0.25, -0.2) is 4.98 Å². The van der Waals surface area contributed by atoms with Crippen LogP contribution in [0.15, 0.2) is 16.9 Å². The van der Waals surface area contributed by atoms with Crippen LogP contribution in [0.5, 0.6) is 5.75 Å². The lowest BCUT2D eigenvalue weighted by Crippen LogP contribution is -2.65. The minimum Gasteiger partial charge on any atom is -0.508 e. The number of fused-ring (bicyclic) bond motifs is 3. The van der Waals surface area contributed by atoms with E-state index in [1.807, 2.05) is 20.8 Å². The van der Waals surface area contributed by atoms with Crippen LogP contribution < -0.4 is 21.3 Å². The molecule has 0 bridgehead atoms. The largest absolute Gasteiger partial charge is 0.508 e. The quantitative estimate of drug-likeness (QED) is 0.215. The minimum atomic E-state index is -2.74. The lowest BCUT2D eigenvalue weighted by Gasteiger charge is -2.50. The second-order valence-electron chi connectivity index (χ2n) is 12.5. The molecule has 14 heteroatoms. The first-order valence-corrected chi connectivity index (χ1v) is 13.5. The summed E-state index contributed by atoms with van der Waals surface area (Å²) in [6.45, 7) is 5.53. The summed E-state index contributed by atoms with van der Waals surface area (Å²) in [5.74, 6) is -8.06. The highest BCUT2D eigenvalue weighted by Gasteiger charge is 2.64. The van der Waals surface area contributed by atoms with E-state index in [0.29, 0.717) is 11.4 Å². The fourth-order valence-corrected chi connectivity index (χ4v) is 6.16. The molecule has 1 fully saturated rings. The number of primary amides is 1. The Morgan fingerprint density at radius 2 is 1.74 bits per heavy atom. The van der Waals surface area contributed by atoms with Gasteiger partial charge in [0, 0.05) is 36.7 Å². The van der Waals surface area contributed by atoms with Crippen LogP contribution in [0.3, 0.4) is 0 Å². The van der Waals surface area contributed by atoms with Gasteiger partial charge in [-0.05, 0) is 53.6 Å². The number of carbonyl (C=O) groups excluding carboxylic acids is 4. The van der Waals surface area contributed by atoms with Crippen molar-refractivity contribution in [3.8, 4) is 5.75 Å². The number of anilines is 2. The predicted molar refractivity (Wildman–Crippen MR) is 153 cm³/mol. The Hall–Kier alpha value is -4.01. The zero-order valence-corrected chi connectivity index (χ0v) is 24.7. The van der Waals surface area contributed by atoms with Crippen molar-refractivity contribution in [1.82, 2.24) is 15.2 Å². The fourth-order valence-electron chi connectivity index (χ4n) is 6.16. The van der Waals surface area contributed by atoms with Gasteiger partial charge in [-0.2, -0.15) is 0 Å². The Morgan fingerprint density at radius 1 is 1.12 bits per heavy atom. The van der Waals surface area contributed by atoms with Crippen LogP contribution in [-0.2, 0) is 25.6 Å². The molecule has 3 aliphatic rings. The molecule has 0 radical (unpaired) electrons. The molecule has 1 saturated carbocycles. The number of rotatable bonds is 6. The van der Waals surface area contributed by atoms with Crippen molar-refractivity contribution in [3.05, 3.63) is 28.0 Å². The van der Waals surface area contributed by atoms with Crippen LogP contribution in [0.1, 0.15) is 38.3 Å². The molecular weight excluding hydrogens is 548 g/mol. The number of pyridine rings is 1. The first kappa shape index (κ1) is 30.9. The number of nitrogens with one attached hydrogen (secondary N) is 2. The van der Waals surface area contributed by atoms with E-state index in [1.165, 1.54) is 19.0 Å². The van der Waals surface area contributed by atoms with Crippen molar-refractivity contribution >= 4 is 40.8 Å². The van der Waals surface area contributed by atoms with Gasteiger partial charge in [0.25, 0.3) is 5.91 Å². The van der Waals surface area contributed by atoms with Crippen molar-refractivity contribution in [3.63, 3.8) is 0 Å². The maximum Gasteiger partial charge on any atom is 0.255 e. The highest BCUT2D eigenvalue weighted by atomic mass is 16.3. The third kappa shape index (κ3) is 4.78. The monoisotopic (exact) mass is 586 g/mol. The highest BCUT2D eigenvalue weighted by Crippen LogP contribution is 2.54. The van der Waals surface area contributed by atoms with Gasteiger partial charge in [0.05, 0.1) is 18.2 Å². The molecule has 4 atom stereocenters. The summed E-state index contributed by atoms with van der Waals surface area (Å²) in [6, 6.07) is -1.18. The smallest absolute Gasteiger partial charge is 0.255 e. The van der Waals surface area contributed by atoms with Gasteiger partial charge < -0.3 is 41.7 Å². The molecule has 1 aromatic heterocycles. The van der Waals surface area contributed by atoms with Crippen LogP contribution in [0.25, 0.3) is 5.76 Å². The number of ketones is 2. The molecular formula is C28H38N6O8. The zero-order valence-electron chi connectivity index (χ0n) is 24.7. The minimum absolute atomic E-state index is 0.0453. The normalized spacial score (nSPS) is 25.7. The zero-order chi connectivity index (χ0) is 31.6. The van der Waals surface area contributed by atoms with E-state index in [4.69, 9.17) is 5.73 Å². The van der Waals surface area contributed by atoms with Crippen LogP contribution in [0, 0.1) is 11.8 Å². The molecule has 42 heavy (non-hydrogen) atoms. The summed E-state index contributed by atoms with van der Waals surface area (Å²) in [5, 5.41) is 51.0. The number of nitrogens with zero attached hydrogens (tertiary/aromatic N) is 3. The lowest BCUT2D eigenvalue weighted by atomic mass is 9.57. The molecule has 0 aromatic carbocycles. The average Bonchev–Trinajstić information content (AvgIpc) is 2.85. The van der Waals surface area contributed by atoms with Crippen molar-refractivity contribution in [2.24, 2.45) is 17.6 Å². The van der Waals surface area contributed by atoms with Gasteiger partial charge in [0.2, 0.25) is 11.7 Å². The Bertz CT molecular complexity index is 1460. The summed E-state index contributed by atoms with van der Waals surface area (Å²) in [4.78, 5) is 59.6. The number of aromatic nitrogens is 1. The van der Waals surface area contributed by atoms with E-state index in [0.717, 1.165) is 0 Å². The van der Waals surface area contributed by atoms with Gasteiger partial charge in [0.1, 0.15) is 22.9 Å². The summed E-state index contributed by atoms with van der Waals surface area (Å²) < 4.78 is 0. The fraction of sp³-hybridized carbons (Fsp3) is 0.536. The Balaban J connectivity index is 1.89. The van der Waals surface area contributed by atoms with Gasteiger partial charge in [-0.15, -0.1) is 0 Å². The molecule has 1 heterocycles. The molecule has 0 saturated heterocycles. The first-order valence-electron chi connectivity index (χ1n) is 13.5. The summed E-state index contributed by atoms with van der Waals surface area (Å²) in [7, 11) is 6.44. The van der Waals surface area contributed by atoms with E-state index in [1.54, 1.807) is 19.0 Å². The maximum absolute atomic E-state index is 14.0. The van der Waals surface area contributed by atoms with Crippen LogP contribution >= 0.6 is 0 Å². The molecule has 8 N–H and O–H groups in total. The number of hydrogen-bond acceptors (Lipinski definition) is 12. The second kappa shape index (κ2) is 10.4. The topological polar surface area (TPSA) is 219 Å². The molecule has 0 aliphatic heterocycles. The van der Waals surface area contributed by atoms with E-state index in [2.05, 4.69) is 15.6 Å². The third-order valence-corrected chi connectivity index (χ3v) is 8.02. The number of amides is 2. The van der Waals surface area contributed by atoms with E-state index in [-0.39, 0.29) is 41.9 Å². The number of Topliss-reactive ketones (excluding diaryl/α,β-unsaturated/α-hetero) is 2. The summed E-state index contributed by atoms with van der Waals surface area (Å²) in [5.41, 5.74) is 1.30. The van der Waals surface area contributed by atoms with E-state index >= 15 is 0 Å². The number of likely N-dealkylation sites (N-methyl/N-ethyl adjacent to an activating group) is 1. The van der Waals surface area contributed by atoms with Gasteiger partial charge >= 0.3 is 0 Å². The number of aliphatic hydroxyl groups is 3. The van der Waals surface area contributed by atoms with Crippen molar-refractivity contribution in [1.29, 1.82) is 0 Å². The number of hydrogen-bond donors (Lipinski definition) is 7.